The van der Waals surface area contributed by atoms with Gasteiger partial charge in [-0.15, -0.1) is 13.2 Å². The van der Waals surface area contributed by atoms with E-state index in [9.17, 15) is 22.4 Å². The molecule has 6 nitrogen and oxygen atoms in total. The van der Waals surface area contributed by atoms with Crippen molar-refractivity contribution >= 4 is 11.6 Å². The second-order valence-corrected chi connectivity index (χ2v) is 5.47. The zero-order chi connectivity index (χ0) is 19.6. The normalized spacial score (nSPS) is 11.3. The number of ether oxygens (including phenoxy) is 1. The summed E-state index contributed by atoms with van der Waals surface area (Å²) in [5.41, 5.74) is 1.14. The second kappa shape index (κ2) is 7.06. The Labute approximate surface area is 150 Å². The van der Waals surface area contributed by atoms with Crippen molar-refractivity contribution in [1.29, 1.82) is 0 Å². The first kappa shape index (κ1) is 18.4. The van der Waals surface area contributed by atoms with Crippen molar-refractivity contribution in [3.05, 3.63) is 60.4 Å². The van der Waals surface area contributed by atoms with Crippen LogP contribution < -0.4 is 10.1 Å². The quantitative estimate of drug-likeness (QED) is 0.700. The summed E-state index contributed by atoms with van der Waals surface area (Å²) in [7, 11) is 1.69. The molecule has 3 rings (SSSR count). The largest absolute Gasteiger partial charge is 0.573 e. The van der Waals surface area contributed by atoms with Crippen LogP contribution in [0.1, 0.15) is 10.5 Å². The van der Waals surface area contributed by atoms with Gasteiger partial charge in [-0.25, -0.2) is 9.37 Å². The highest BCUT2D eigenvalue weighted by Crippen LogP contribution is 2.29. The Bertz CT molecular complexity index is 968. The maximum Gasteiger partial charge on any atom is 0.573 e. The third-order valence-electron chi connectivity index (χ3n) is 3.45. The van der Waals surface area contributed by atoms with Crippen LogP contribution in [-0.2, 0) is 7.05 Å². The Balaban J connectivity index is 1.82. The number of rotatable bonds is 4. The summed E-state index contributed by atoms with van der Waals surface area (Å²) in [6, 6.07) is 5.84. The molecule has 0 aliphatic carbocycles. The molecule has 1 N–H and O–H groups in total. The number of amides is 1. The van der Waals surface area contributed by atoms with Crippen LogP contribution in [0.25, 0.3) is 11.1 Å². The summed E-state index contributed by atoms with van der Waals surface area (Å²) in [5, 5.41) is 6.56. The van der Waals surface area contributed by atoms with Crippen molar-refractivity contribution in [2.24, 2.45) is 7.05 Å². The van der Waals surface area contributed by atoms with Gasteiger partial charge in [-0.3, -0.25) is 9.48 Å². The first-order chi connectivity index (χ1) is 12.7. The Morgan fingerprint density at radius 1 is 1.19 bits per heavy atom. The first-order valence-corrected chi connectivity index (χ1v) is 7.53. The molecule has 0 aliphatic rings. The SMILES string of the molecule is Cn1cc(-c2cc(F)ccc2NC(=O)c2ccc(OC(F)(F)F)cn2)cn1. The van der Waals surface area contributed by atoms with E-state index in [1.54, 1.807) is 13.2 Å². The summed E-state index contributed by atoms with van der Waals surface area (Å²) in [6.07, 6.45) is -0.912. The number of nitrogens with one attached hydrogen (secondary N) is 1. The standard InChI is InChI=1S/C17H12F4N4O2/c1-25-9-10(7-23-25)13-6-11(18)2-4-14(13)24-16(26)15-5-3-12(8-22-15)27-17(19,20)21/h2-9H,1H3,(H,24,26). The number of carbonyl (C=O) groups is 1. The van der Waals surface area contributed by atoms with Gasteiger partial charge in [-0.1, -0.05) is 0 Å². The third kappa shape index (κ3) is 4.60. The molecule has 0 atom stereocenters. The maximum atomic E-state index is 13.6. The molecule has 140 valence electrons. The van der Waals surface area contributed by atoms with Crippen LogP contribution in [-0.4, -0.2) is 27.0 Å². The van der Waals surface area contributed by atoms with Crippen LogP contribution in [0.15, 0.2) is 48.9 Å². The minimum Gasteiger partial charge on any atom is -0.404 e. The predicted molar refractivity (Wildman–Crippen MR) is 87.5 cm³/mol. The molecule has 2 aromatic heterocycles. The summed E-state index contributed by atoms with van der Waals surface area (Å²) < 4.78 is 55.3. The van der Waals surface area contributed by atoms with Crippen LogP contribution in [0.4, 0.5) is 23.2 Å². The minimum absolute atomic E-state index is 0.133. The molecule has 27 heavy (non-hydrogen) atoms. The van der Waals surface area contributed by atoms with Gasteiger partial charge in [0.25, 0.3) is 5.91 Å². The highest BCUT2D eigenvalue weighted by molar-refractivity contribution is 6.05. The minimum atomic E-state index is -4.85. The first-order valence-electron chi connectivity index (χ1n) is 7.53. The molecule has 0 saturated heterocycles. The number of aromatic nitrogens is 3. The van der Waals surface area contributed by atoms with E-state index in [1.165, 1.54) is 29.1 Å². The lowest BCUT2D eigenvalue weighted by molar-refractivity contribution is -0.274. The monoisotopic (exact) mass is 380 g/mol. The lowest BCUT2D eigenvalue weighted by atomic mass is 10.1. The number of hydrogen-bond donors (Lipinski definition) is 1. The second-order valence-electron chi connectivity index (χ2n) is 5.47. The highest BCUT2D eigenvalue weighted by atomic mass is 19.4. The number of alkyl halides is 3. The Kier molecular flexibility index (Phi) is 4.80. The van der Waals surface area contributed by atoms with Crippen molar-refractivity contribution < 1.29 is 27.1 Å². The van der Waals surface area contributed by atoms with Gasteiger partial charge in [-0.2, -0.15) is 5.10 Å². The van der Waals surface area contributed by atoms with Gasteiger partial charge < -0.3 is 10.1 Å². The van der Waals surface area contributed by atoms with E-state index in [-0.39, 0.29) is 5.69 Å². The third-order valence-corrected chi connectivity index (χ3v) is 3.45. The van der Waals surface area contributed by atoms with E-state index in [2.05, 4.69) is 20.1 Å². The van der Waals surface area contributed by atoms with Crippen LogP contribution in [0.3, 0.4) is 0 Å². The number of pyridine rings is 1. The van der Waals surface area contributed by atoms with Crippen molar-refractivity contribution in [2.75, 3.05) is 5.32 Å². The molecule has 0 saturated carbocycles. The van der Waals surface area contributed by atoms with Crippen LogP contribution in [0.5, 0.6) is 5.75 Å². The number of anilines is 1. The number of benzene rings is 1. The fraction of sp³-hybridized carbons (Fsp3) is 0.118. The molecule has 0 spiro atoms. The van der Waals surface area contributed by atoms with Gasteiger partial charge in [0.15, 0.2) is 0 Å². The van der Waals surface area contributed by atoms with Gasteiger partial charge in [0.1, 0.15) is 17.3 Å². The van der Waals surface area contributed by atoms with E-state index in [1.807, 2.05) is 0 Å². The molecular weight excluding hydrogens is 368 g/mol. The van der Waals surface area contributed by atoms with Gasteiger partial charge >= 0.3 is 6.36 Å². The summed E-state index contributed by atoms with van der Waals surface area (Å²) in [4.78, 5) is 16.0. The Hall–Kier alpha value is -3.43. The molecule has 0 radical (unpaired) electrons. The van der Waals surface area contributed by atoms with E-state index < -0.39 is 23.8 Å². The van der Waals surface area contributed by atoms with E-state index in [0.29, 0.717) is 16.8 Å². The Morgan fingerprint density at radius 3 is 2.56 bits per heavy atom. The van der Waals surface area contributed by atoms with Crippen molar-refractivity contribution in [1.82, 2.24) is 14.8 Å². The lowest BCUT2D eigenvalue weighted by Crippen LogP contribution is -2.18. The number of aryl methyl sites for hydroxylation is 1. The van der Waals surface area contributed by atoms with Crippen molar-refractivity contribution in [2.45, 2.75) is 6.36 Å². The lowest BCUT2D eigenvalue weighted by Gasteiger charge is -2.11. The molecule has 0 aliphatic heterocycles. The summed E-state index contributed by atoms with van der Waals surface area (Å²) in [5.74, 6) is -1.72. The molecule has 1 aromatic carbocycles. The number of nitrogens with zero attached hydrogens (tertiary/aromatic N) is 3. The van der Waals surface area contributed by atoms with Crippen molar-refractivity contribution in [3.63, 3.8) is 0 Å². The smallest absolute Gasteiger partial charge is 0.404 e. The summed E-state index contributed by atoms with van der Waals surface area (Å²) in [6.45, 7) is 0. The predicted octanol–water partition coefficient (Wildman–Crippen LogP) is 3.77. The summed E-state index contributed by atoms with van der Waals surface area (Å²) >= 11 is 0. The van der Waals surface area contributed by atoms with Crippen LogP contribution >= 0.6 is 0 Å². The maximum absolute atomic E-state index is 13.6. The zero-order valence-electron chi connectivity index (χ0n) is 13.8. The molecule has 10 heteroatoms. The molecule has 3 aromatic rings. The topological polar surface area (TPSA) is 69.0 Å². The van der Waals surface area contributed by atoms with Crippen LogP contribution in [0, 0.1) is 5.82 Å². The number of hydrogen-bond acceptors (Lipinski definition) is 4. The average molecular weight is 380 g/mol. The molecule has 2 heterocycles. The fourth-order valence-electron chi connectivity index (χ4n) is 2.32. The van der Waals surface area contributed by atoms with Crippen molar-refractivity contribution in [3.8, 4) is 16.9 Å². The van der Waals surface area contributed by atoms with Gasteiger partial charge in [0.05, 0.1) is 12.4 Å². The van der Waals surface area contributed by atoms with Gasteiger partial charge in [-0.05, 0) is 30.3 Å². The molecular formula is C17H12F4N4O2. The Morgan fingerprint density at radius 2 is 1.96 bits per heavy atom. The van der Waals surface area contributed by atoms with Gasteiger partial charge in [0, 0.05) is 30.1 Å². The molecule has 0 bridgehead atoms. The molecule has 1 amide bonds. The van der Waals surface area contributed by atoms with E-state index in [0.717, 1.165) is 18.3 Å². The van der Waals surface area contributed by atoms with E-state index >= 15 is 0 Å². The fourth-order valence-corrected chi connectivity index (χ4v) is 2.32. The van der Waals surface area contributed by atoms with E-state index in [4.69, 9.17) is 0 Å². The molecule has 0 unspecified atom stereocenters. The van der Waals surface area contributed by atoms with Gasteiger partial charge in [0.2, 0.25) is 0 Å². The highest BCUT2D eigenvalue weighted by Gasteiger charge is 2.31. The molecule has 0 fully saturated rings. The number of carbonyl (C=O) groups excluding carboxylic acids is 1. The number of halogens is 4. The zero-order valence-corrected chi connectivity index (χ0v) is 13.8. The average Bonchev–Trinajstić information content (AvgIpc) is 3.02. The van der Waals surface area contributed by atoms with Crippen LogP contribution in [0.2, 0.25) is 0 Å².